The quantitative estimate of drug-likeness (QED) is 0.189. The number of nitrogens with one attached hydrogen (secondary N) is 2. The maximum Gasteiger partial charge on any atom is 0.236 e. The number of fused-ring (bicyclic) bond motifs is 1. The first-order valence-electron chi connectivity index (χ1n) is 9.57. The lowest BCUT2D eigenvalue weighted by Gasteiger charge is -2.11. The molecule has 1 aromatic heterocycles. The highest BCUT2D eigenvalue weighted by atomic mass is 35.5. The number of carbonyl (C=O) groups excluding carboxylic acids is 1. The Labute approximate surface area is 199 Å². The molecule has 0 atom stereocenters. The number of carbonyl (C=O) groups is 1. The summed E-state index contributed by atoms with van der Waals surface area (Å²) in [6.45, 7) is 1.97. The summed E-state index contributed by atoms with van der Waals surface area (Å²) < 4.78 is 5.78. The second kappa shape index (κ2) is 9.60. The van der Waals surface area contributed by atoms with E-state index in [1.54, 1.807) is 24.3 Å². The van der Waals surface area contributed by atoms with Crippen molar-refractivity contribution in [2.24, 2.45) is 0 Å². The van der Waals surface area contributed by atoms with Gasteiger partial charge in [0.15, 0.2) is 10.7 Å². The van der Waals surface area contributed by atoms with Crippen molar-refractivity contribution in [2.45, 2.75) is 11.8 Å². The summed E-state index contributed by atoms with van der Waals surface area (Å²) in [5.74, 6) is 0.275. The van der Waals surface area contributed by atoms with Gasteiger partial charge in [-0.1, -0.05) is 17.7 Å². The Morgan fingerprint density at radius 3 is 2.72 bits per heavy atom. The highest BCUT2D eigenvalue weighted by Gasteiger charge is 2.14. The van der Waals surface area contributed by atoms with E-state index in [0.717, 1.165) is 10.5 Å². The van der Waals surface area contributed by atoms with Crippen molar-refractivity contribution < 1.29 is 14.3 Å². The number of rotatable bonds is 5. The second-order valence-corrected chi connectivity index (χ2v) is 8.86. The Kier molecular flexibility index (Phi) is 6.64. The van der Waals surface area contributed by atoms with E-state index in [0.29, 0.717) is 33.3 Å². The summed E-state index contributed by atoms with van der Waals surface area (Å²) in [6, 6.07) is 17.7. The van der Waals surface area contributed by atoms with Crippen molar-refractivity contribution in [3.05, 3.63) is 71.2 Å². The maximum atomic E-state index is 12.2. The lowest BCUT2D eigenvalue weighted by molar-refractivity contribution is -0.117. The van der Waals surface area contributed by atoms with E-state index in [1.165, 1.54) is 17.8 Å². The molecule has 0 aliphatic rings. The number of benzene rings is 3. The number of aromatic nitrogens is 1. The molecule has 0 bridgehead atoms. The molecular formula is C23H18ClN3O3S2. The number of nitrogens with zero attached hydrogens (tertiary/aromatic N) is 1. The number of hydrogen-bond donors (Lipinski definition) is 3. The Morgan fingerprint density at radius 1 is 1.16 bits per heavy atom. The van der Waals surface area contributed by atoms with E-state index in [4.69, 9.17) is 28.2 Å². The molecule has 3 aromatic carbocycles. The molecule has 4 rings (SSSR count). The molecule has 1 amide bonds. The van der Waals surface area contributed by atoms with Gasteiger partial charge in [-0.05, 0) is 79.3 Å². The van der Waals surface area contributed by atoms with Gasteiger partial charge in [0.2, 0.25) is 11.8 Å². The smallest absolute Gasteiger partial charge is 0.236 e. The van der Waals surface area contributed by atoms with Crippen molar-refractivity contribution in [2.75, 3.05) is 11.1 Å². The van der Waals surface area contributed by atoms with Crippen molar-refractivity contribution in [1.29, 1.82) is 0 Å². The van der Waals surface area contributed by atoms with Crippen LogP contribution in [0.2, 0.25) is 5.02 Å². The zero-order valence-corrected chi connectivity index (χ0v) is 19.3. The molecule has 0 radical (unpaired) electrons. The van der Waals surface area contributed by atoms with E-state index >= 15 is 0 Å². The van der Waals surface area contributed by atoms with Crippen LogP contribution in [0.25, 0.3) is 22.6 Å². The topological polar surface area (TPSA) is 87.4 Å². The Balaban J connectivity index is 1.41. The molecule has 1 heterocycles. The molecule has 162 valence electrons. The van der Waals surface area contributed by atoms with Crippen LogP contribution in [0.1, 0.15) is 5.56 Å². The monoisotopic (exact) mass is 483 g/mol. The molecule has 0 saturated carbocycles. The third-order valence-electron chi connectivity index (χ3n) is 4.46. The fourth-order valence-corrected chi connectivity index (χ4v) is 4.00. The van der Waals surface area contributed by atoms with Gasteiger partial charge in [-0.2, -0.15) is 0 Å². The molecule has 32 heavy (non-hydrogen) atoms. The van der Waals surface area contributed by atoms with Gasteiger partial charge in [-0.15, -0.1) is 11.8 Å². The van der Waals surface area contributed by atoms with Gasteiger partial charge in [0.1, 0.15) is 11.3 Å². The average molecular weight is 484 g/mol. The lowest BCUT2D eigenvalue weighted by Crippen LogP contribution is -2.35. The van der Waals surface area contributed by atoms with E-state index in [1.807, 2.05) is 37.3 Å². The average Bonchev–Trinajstić information content (AvgIpc) is 3.17. The van der Waals surface area contributed by atoms with Gasteiger partial charge >= 0.3 is 0 Å². The fourth-order valence-electron chi connectivity index (χ4n) is 2.94. The minimum atomic E-state index is -0.240. The van der Waals surface area contributed by atoms with Crippen LogP contribution in [0.15, 0.2) is 70.0 Å². The predicted octanol–water partition coefficient (Wildman–Crippen LogP) is 5.77. The van der Waals surface area contributed by atoms with E-state index in [2.05, 4.69) is 15.6 Å². The molecule has 6 nitrogen and oxygen atoms in total. The SMILES string of the molecule is Cc1ccc2oc(-c3cc(NC(=S)NC(=O)CSc4ccc(Cl)cc4)ccc3O)nc2c1. The number of halogens is 1. The summed E-state index contributed by atoms with van der Waals surface area (Å²) in [4.78, 5) is 17.6. The van der Waals surface area contributed by atoms with Crippen LogP contribution in [0.5, 0.6) is 5.75 Å². The lowest BCUT2D eigenvalue weighted by atomic mass is 10.1. The molecule has 0 aliphatic heterocycles. The fraction of sp³-hybridized carbons (Fsp3) is 0.0870. The van der Waals surface area contributed by atoms with Crippen LogP contribution in [-0.2, 0) is 4.79 Å². The summed E-state index contributed by atoms with van der Waals surface area (Å²) in [6.07, 6.45) is 0. The van der Waals surface area contributed by atoms with Crippen molar-refractivity contribution in [3.63, 3.8) is 0 Å². The maximum absolute atomic E-state index is 12.2. The number of phenolic OH excluding ortho intramolecular Hbond substituents is 1. The zero-order valence-electron chi connectivity index (χ0n) is 16.9. The number of amides is 1. The van der Waals surface area contributed by atoms with E-state index in [9.17, 15) is 9.90 Å². The van der Waals surface area contributed by atoms with Gasteiger partial charge in [0, 0.05) is 15.6 Å². The van der Waals surface area contributed by atoms with E-state index < -0.39 is 0 Å². The van der Waals surface area contributed by atoms with Gasteiger partial charge in [-0.25, -0.2) is 4.98 Å². The standard InChI is InChI=1S/C23H18ClN3O3S2/c1-13-2-9-20-18(10-13)26-22(30-20)17-11-15(5-8-19(17)28)25-23(31)27-21(29)12-32-16-6-3-14(24)4-7-16/h2-11,28H,12H2,1H3,(H2,25,27,29,31). The number of thiocarbonyl (C=S) groups is 1. The molecular weight excluding hydrogens is 466 g/mol. The zero-order chi connectivity index (χ0) is 22.7. The van der Waals surface area contributed by atoms with Crippen LogP contribution < -0.4 is 10.6 Å². The highest BCUT2D eigenvalue weighted by molar-refractivity contribution is 8.00. The van der Waals surface area contributed by atoms with E-state index in [-0.39, 0.29) is 22.5 Å². The molecule has 0 spiro atoms. The number of aromatic hydroxyl groups is 1. The largest absolute Gasteiger partial charge is 0.507 e. The molecule has 0 fully saturated rings. The second-order valence-electron chi connectivity index (χ2n) is 6.97. The van der Waals surface area contributed by atoms with Crippen LogP contribution >= 0.6 is 35.6 Å². The van der Waals surface area contributed by atoms with Gasteiger partial charge in [0.05, 0.1) is 11.3 Å². The Bertz CT molecular complexity index is 1310. The van der Waals surface area contributed by atoms with Crippen molar-refractivity contribution in [1.82, 2.24) is 10.3 Å². The van der Waals surface area contributed by atoms with Crippen LogP contribution in [-0.4, -0.2) is 26.9 Å². The summed E-state index contributed by atoms with van der Waals surface area (Å²) >= 11 is 12.5. The summed E-state index contributed by atoms with van der Waals surface area (Å²) in [7, 11) is 0. The van der Waals surface area contributed by atoms with Gasteiger partial charge in [-0.3, -0.25) is 4.79 Å². The summed E-state index contributed by atoms with van der Waals surface area (Å²) in [5.41, 5.74) is 3.39. The Morgan fingerprint density at radius 2 is 1.94 bits per heavy atom. The molecule has 0 unspecified atom stereocenters. The first kappa shape index (κ1) is 22.1. The minimum absolute atomic E-state index is 0.0214. The van der Waals surface area contributed by atoms with Crippen LogP contribution in [0.3, 0.4) is 0 Å². The molecule has 4 aromatic rings. The number of phenols is 1. The Hall–Kier alpha value is -3.07. The van der Waals surface area contributed by atoms with Crippen LogP contribution in [0.4, 0.5) is 5.69 Å². The number of oxazole rings is 1. The predicted molar refractivity (Wildman–Crippen MR) is 132 cm³/mol. The third-order valence-corrected chi connectivity index (χ3v) is 5.93. The molecule has 9 heteroatoms. The summed E-state index contributed by atoms with van der Waals surface area (Å²) in [5, 5.41) is 16.7. The minimum Gasteiger partial charge on any atom is -0.507 e. The first-order chi connectivity index (χ1) is 15.4. The number of aryl methyl sites for hydroxylation is 1. The van der Waals surface area contributed by atoms with Gasteiger partial charge < -0.3 is 20.2 Å². The third kappa shape index (κ3) is 5.40. The normalized spacial score (nSPS) is 10.8. The van der Waals surface area contributed by atoms with Crippen LogP contribution in [0, 0.1) is 6.92 Å². The van der Waals surface area contributed by atoms with Gasteiger partial charge in [0.25, 0.3) is 0 Å². The highest BCUT2D eigenvalue weighted by Crippen LogP contribution is 2.33. The molecule has 3 N–H and O–H groups in total. The number of anilines is 1. The number of hydrogen-bond acceptors (Lipinski definition) is 6. The number of thioether (sulfide) groups is 1. The van der Waals surface area contributed by atoms with Crippen molar-refractivity contribution in [3.8, 4) is 17.2 Å². The molecule has 0 saturated heterocycles. The first-order valence-corrected chi connectivity index (χ1v) is 11.3. The molecule has 0 aliphatic carbocycles. The van der Waals surface area contributed by atoms with Crippen molar-refractivity contribution >= 4 is 63.4 Å².